The summed E-state index contributed by atoms with van der Waals surface area (Å²) >= 11 is 6.25. The average Bonchev–Trinajstić information content (AvgIpc) is 3.47. The molecule has 1 fully saturated rings. The molecule has 0 aliphatic carbocycles. The van der Waals surface area contributed by atoms with Crippen LogP contribution in [0, 0.1) is 12.7 Å². The van der Waals surface area contributed by atoms with E-state index in [1.807, 2.05) is 11.9 Å². The van der Waals surface area contributed by atoms with Crippen molar-refractivity contribution in [3.8, 4) is 11.5 Å². The van der Waals surface area contributed by atoms with Gasteiger partial charge in [0.1, 0.15) is 11.6 Å². The molecule has 0 saturated carbocycles. The molecule has 1 aliphatic rings. The number of piperazine rings is 1. The Labute approximate surface area is 240 Å². The number of rotatable bonds is 6. The lowest BCUT2D eigenvalue weighted by atomic mass is 10.0. The maximum atomic E-state index is 13.6. The van der Waals surface area contributed by atoms with Gasteiger partial charge in [-0.15, -0.1) is 15.3 Å². The van der Waals surface area contributed by atoms with Gasteiger partial charge in [0.05, 0.1) is 24.2 Å². The second-order valence-electron chi connectivity index (χ2n) is 10.0. The number of likely N-dealkylation sites (N-methyl/N-ethyl adjacent to an activating group) is 1. The summed E-state index contributed by atoms with van der Waals surface area (Å²) in [6, 6.07) is 5.39. The third kappa shape index (κ3) is 6.21. The Morgan fingerprint density at radius 3 is 2.07 bits per heavy atom. The summed E-state index contributed by atoms with van der Waals surface area (Å²) in [4.78, 5) is 3.99. The third-order valence-electron chi connectivity index (χ3n) is 6.98. The number of hydrogen-bond donors (Lipinski definition) is 0. The van der Waals surface area contributed by atoms with E-state index in [2.05, 4.69) is 25.4 Å². The molecule has 3 heterocycles. The topological polar surface area (TPSA) is 67.9 Å². The summed E-state index contributed by atoms with van der Waals surface area (Å²) < 4.78 is 97.7. The molecule has 2 aromatic carbocycles. The molecule has 0 unspecified atom stereocenters. The number of benzene rings is 2. The maximum absolute atomic E-state index is 13.6. The number of hydrogen-bond acceptors (Lipinski definition) is 6. The van der Waals surface area contributed by atoms with E-state index in [0.29, 0.717) is 55.5 Å². The minimum absolute atomic E-state index is 0.0868. The molecule has 0 spiro atoms. The Bertz CT molecular complexity index is 1550. The zero-order chi connectivity index (χ0) is 30.4. The normalized spacial score (nSPS) is 15.0. The van der Waals surface area contributed by atoms with E-state index >= 15 is 0 Å². The van der Waals surface area contributed by atoms with Gasteiger partial charge in [-0.3, -0.25) is 0 Å². The molecule has 1 aliphatic heterocycles. The molecule has 0 bridgehead atoms. The van der Waals surface area contributed by atoms with Crippen molar-refractivity contribution in [3.63, 3.8) is 0 Å². The Hall–Kier alpha value is -3.72. The summed E-state index contributed by atoms with van der Waals surface area (Å²) in [7, 11) is 1.93. The van der Waals surface area contributed by atoms with Crippen LogP contribution in [0.15, 0.2) is 36.4 Å². The van der Waals surface area contributed by atoms with Gasteiger partial charge in [0.25, 0.3) is 0 Å². The predicted molar refractivity (Wildman–Crippen MR) is 140 cm³/mol. The van der Waals surface area contributed by atoms with Crippen LogP contribution < -0.4 is 4.90 Å². The van der Waals surface area contributed by atoms with Gasteiger partial charge in [-0.25, -0.2) is 9.07 Å². The summed E-state index contributed by atoms with van der Waals surface area (Å²) in [6.45, 7) is 3.68. The predicted octanol–water partition coefficient (Wildman–Crippen LogP) is 5.52. The molecule has 0 atom stereocenters. The molecule has 42 heavy (non-hydrogen) atoms. The maximum Gasteiger partial charge on any atom is 0.416 e. The molecule has 0 radical (unpaired) electrons. The van der Waals surface area contributed by atoms with Gasteiger partial charge in [-0.1, -0.05) is 22.9 Å². The number of halogens is 8. The van der Waals surface area contributed by atoms with Gasteiger partial charge in [0.15, 0.2) is 17.3 Å². The zero-order valence-electron chi connectivity index (χ0n) is 22.3. The molecule has 1 saturated heterocycles. The van der Waals surface area contributed by atoms with Crippen LogP contribution in [0.1, 0.15) is 28.1 Å². The van der Waals surface area contributed by atoms with Crippen molar-refractivity contribution >= 4 is 17.4 Å². The van der Waals surface area contributed by atoms with Gasteiger partial charge >= 0.3 is 12.4 Å². The monoisotopic (exact) mass is 616 g/mol. The minimum atomic E-state index is -4.99. The van der Waals surface area contributed by atoms with Crippen molar-refractivity contribution in [2.75, 3.05) is 38.1 Å². The van der Waals surface area contributed by atoms with E-state index in [9.17, 15) is 30.7 Å². The SMILES string of the molecule is Cc1nnc(-c2nnn(Cc3cc(C(F)(F)F)cc(C(F)(F)F)c3)c2N2CCN(C)CC2)n1Cc1ccc(F)cc1Cl. The van der Waals surface area contributed by atoms with E-state index in [1.54, 1.807) is 11.5 Å². The fraction of sp³-hybridized carbons (Fsp3) is 0.385. The van der Waals surface area contributed by atoms with Crippen molar-refractivity contribution in [2.45, 2.75) is 32.4 Å². The van der Waals surface area contributed by atoms with E-state index < -0.39 is 35.8 Å². The standard InChI is InChI=1S/C26H24ClF7N8/c1-15-35-37-23(41(15)14-17-3-4-20(28)12-21(17)27)22-24(40-7-5-39(2)6-8-40)42(38-36-22)13-16-9-18(25(29,30)31)11-19(10-16)26(32,33)34/h3-4,9-12H,5-8,13-14H2,1-2H3. The first-order valence-electron chi connectivity index (χ1n) is 12.7. The van der Waals surface area contributed by atoms with Crippen molar-refractivity contribution < 1.29 is 30.7 Å². The highest BCUT2D eigenvalue weighted by Gasteiger charge is 2.37. The number of nitrogens with zero attached hydrogens (tertiary/aromatic N) is 8. The largest absolute Gasteiger partial charge is 0.416 e. The van der Waals surface area contributed by atoms with Crippen molar-refractivity contribution in [1.29, 1.82) is 0 Å². The van der Waals surface area contributed by atoms with Crippen molar-refractivity contribution in [1.82, 2.24) is 34.7 Å². The third-order valence-corrected chi connectivity index (χ3v) is 7.33. The van der Waals surface area contributed by atoms with Crippen LogP contribution in [0.25, 0.3) is 11.5 Å². The highest BCUT2D eigenvalue weighted by molar-refractivity contribution is 6.31. The zero-order valence-corrected chi connectivity index (χ0v) is 23.1. The summed E-state index contributed by atoms with van der Waals surface area (Å²) in [6.07, 6.45) is -9.97. The van der Waals surface area contributed by atoms with Gasteiger partial charge in [0.2, 0.25) is 0 Å². The molecule has 224 valence electrons. The first-order chi connectivity index (χ1) is 19.7. The highest BCUT2D eigenvalue weighted by atomic mass is 35.5. The summed E-state index contributed by atoms with van der Waals surface area (Å²) in [5.74, 6) is 0.589. The molecule has 8 nitrogen and oxygen atoms in total. The number of aromatic nitrogens is 6. The van der Waals surface area contributed by atoms with Crippen molar-refractivity contribution in [3.05, 3.63) is 75.3 Å². The number of aryl methyl sites for hydroxylation is 1. The Morgan fingerprint density at radius 2 is 1.48 bits per heavy atom. The average molecular weight is 617 g/mol. The van der Waals surface area contributed by atoms with Crippen LogP contribution in [-0.4, -0.2) is 67.9 Å². The van der Waals surface area contributed by atoms with Crippen LogP contribution in [0.5, 0.6) is 0 Å². The van der Waals surface area contributed by atoms with E-state index in [1.165, 1.54) is 22.9 Å². The fourth-order valence-corrected chi connectivity index (χ4v) is 4.97. The van der Waals surface area contributed by atoms with Crippen LogP contribution in [0.2, 0.25) is 5.02 Å². The summed E-state index contributed by atoms with van der Waals surface area (Å²) in [5.41, 5.74) is -2.28. The number of anilines is 1. The van der Waals surface area contributed by atoms with E-state index in [0.717, 1.165) is 0 Å². The fourth-order valence-electron chi connectivity index (χ4n) is 4.74. The van der Waals surface area contributed by atoms with Gasteiger partial charge in [0, 0.05) is 31.2 Å². The Balaban J connectivity index is 1.60. The van der Waals surface area contributed by atoms with Gasteiger partial charge < -0.3 is 14.4 Å². The quantitative estimate of drug-likeness (QED) is 0.266. The first-order valence-corrected chi connectivity index (χ1v) is 13.1. The van der Waals surface area contributed by atoms with Crippen molar-refractivity contribution in [2.24, 2.45) is 0 Å². The molecule has 0 amide bonds. The molecular weight excluding hydrogens is 593 g/mol. The van der Waals surface area contributed by atoms with Crippen LogP contribution >= 0.6 is 11.6 Å². The van der Waals surface area contributed by atoms with Crippen LogP contribution in [-0.2, 0) is 25.4 Å². The second-order valence-corrected chi connectivity index (χ2v) is 10.4. The van der Waals surface area contributed by atoms with E-state index in [4.69, 9.17) is 11.6 Å². The molecular formula is C26H24ClF7N8. The lowest BCUT2D eigenvalue weighted by Crippen LogP contribution is -2.45. The second kappa shape index (κ2) is 11.2. The molecule has 5 rings (SSSR count). The number of alkyl halides is 6. The minimum Gasteiger partial charge on any atom is -0.352 e. The van der Waals surface area contributed by atoms with E-state index in [-0.39, 0.29) is 34.7 Å². The Morgan fingerprint density at radius 1 is 0.833 bits per heavy atom. The highest BCUT2D eigenvalue weighted by Crippen LogP contribution is 2.37. The summed E-state index contributed by atoms with van der Waals surface area (Å²) in [5, 5.41) is 17.0. The lowest BCUT2D eigenvalue weighted by Gasteiger charge is -2.34. The Kier molecular flexibility index (Phi) is 7.91. The van der Waals surface area contributed by atoms with Crippen LogP contribution in [0.4, 0.5) is 36.6 Å². The van der Waals surface area contributed by atoms with Gasteiger partial charge in [-0.2, -0.15) is 26.3 Å². The molecule has 4 aromatic rings. The molecule has 0 N–H and O–H groups in total. The molecule has 16 heteroatoms. The lowest BCUT2D eigenvalue weighted by molar-refractivity contribution is -0.143. The van der Waals surface area contributed by atoms with Crippen LogP contribution in [0.3, 0.4) is 0 Å². The van der Waals surface area contributed by atoms with Gasteiger partial charge in [-0.05, 0) is 55.4 Å². The smallest absolute Gasteiger partial charge is 0.352 e. The molecule has 2 aromatic heterocycles. The first kappa shape index (κ1) is 29.8.